The summed E-state index contributed by atoms with van der Waals surface area (Å²) in [6, 6.07) is 17.1. The maximum Gasteiger partial charge on any atom is 0.404 e. The maximum absolute atomic E-state index is 13.9. The van der Waals surface area contributed by atoms with Crippen molar-refractivity contribution in [3.63, 3.8) is 0 Å². The van der Waals surface area contributed by atoms with E-state index in [4.69, 9.17) is 16.6 Å². The molecule has 1 unspecified atom stereocenters. The van der Waals surface area contributed by atoms with Crippen LogP contribution in [0.1, 0.15) is 41.7 Å². The van der Waals surface area contributed by atoms with Crippen LogP contribution in [0.4, 0.5) is 10.7 Å². The number of nitrogens with one attached hydrogen (secondary N) is 1. The Kier molecular flexibility index (Phi) is 7.20. The van der Waals surface area contributed by atoms with Crippen LogP contribution in [0.2, 0.25) is 5.02 Å². The first-order valence-corrected chi connectivity index (χ1v) is 12.9. The number of hydrogen-bond acceptors (Lipinski definition) is 5. The molecule has 0 spiro atoms. The van der Waals surface area contributed by atoms with Gasteiger partial charge in [-0.2, -0.15) is 0 Å². The van der Waals surface area contributed by atoms with Gasteiger partial charge >= 0.3 is 6.09 Å². The summed E-state index contributed by atoms with van der Waals surface area (Å²) in [5, 5.41) is 12.4. The van der Waals surface area contributed by atoms with Crippen molar-refractivity contribution in [1.82, 2.24) is 19.4 Å². The zero-order chi connectivity index (χ0) is 26.8. The summed E-state index contributed by atoms with van der Waals surface area (Å²) in [6.07, 6.45) is 2.03. The first kappa shape index (κ1) is 25.5. The van der Waals surface area contributed by atoms with E-state index in [1.54, 1.807) is 49.5 Å². The Morgan fingerprint density at radius 2 is 1.87 bits per heavy atom. The van der Waals surface area contributed by atoms with Gasteiger partial charge in [0.25, 0.3) is 5.56 Å². The number of carbonyl (C=O) groups excluding carboxylic acids is 1. The number of rotatable bonds is 7. The van der Waals surface area contributed by atoms with Gasteiger partial charge in [0.2, 0.25) is 5.95 Å². The third kappa shape index (κ3) is 5.02. The monoisotopic (exact) mass is 533 g/mol. The predicted molar refractivity (Wildman–Crippen MR) is 146 cm³/mol. The second-order valence-corrected chi connectivity index (χ2v) is 9.90. The lowest BCUT2D eigenvalue weighted by molar-refractivity contribution is 0.0933. The summed E-state index contributed by atoms with van der Waals surface area (Å²) >= 11 is 6.49. The highest BCUT2D eigenvalue weighted by Crippen LogP contribution is 2.27. The zero-order valence-corrected chi connectivity index (χ0v) is 21.6. The van der Waals surface area contributed by atoms with Gasteiger partial charge in [-0.05, 0) is 37.5 Å². The van der Waals surface area contributed by atoms with Crippen LogP contribution in [0.5, 0.6) is 0 Å². The zero-order valence-electron chi connectivity index (χ0n) is 20.9. The van der Waals surface area contributed by atoms with E-state index in [-0.39, 0.29) is 17.4 Å². The number of Topliss-reactive ketones (excluding diaryl/α,β-unsaturated/α-hetero) is 1. The number of anilines is 1. The van der Waals surface area contributed by atoms with Crippen molar-refractivity contribution >= 4 is 40.5 Å². The van der Waals surface area contributed by atoms with Crippen molar-refractivity contribution in [3.8, 4) is 0 Å². The van der Waals surface area contributed by atoms with Gasteiger partial charge in [-0.3, -0.25) is 9.59 Å². The molecule has 1 fully saturated rings. The normalized spacial score (nSPS) is 16.4. The Hall–Kier alpha value is -4.11. The lowest BCUT2D eigenvalue weighted by atomic mass is 10.1. The highest BCUT2D eigenvalue weighted by molar-refractivity contribution is 6.31. The third-order valence-corrected chi connectivity index (χ3v) is 7.35. The standard InChI is InChI=1S/C28H28ClN5O4/c1-18(25(35)19-8-3-2-4-9-19)33-15-13-23-24(26(33)36)34(16-20-10-5-6-12-22(20)29)27(31-23)32-14-7-11-21(17-32)30-28(37)38/h2-6,8-10,12-13,15,18,21,30H,7,11,14,16-17H2,1H3,(H,37,38)/t18?,21-/m1/s1. The Morgan fingerprint density at radius 3 is 2.61 bits per heavy atom. The number of piperidine rings is 1. The highest BCUT2D eigenvalue weighted by atomic mass is 35.5. The van der Waals surface area contributed by atoms with E-state index >= 15 is 0 Å². The minimum absolute atomic E-state index is 0.164. The fourth-order valence-corrected chi connectivity index (χ4v) is 5.25. The molecule has 5 rings (SSSR count). The van der Waals surface area contributed by atoms with Gasteiger partial charge < -0.3 is 24.5 Å². The first-order chi connectivity index (χ1) is 18.3. The lowest BCUT2D eigenvalue weighted by Crippen LogP contribution is -2.48. The smallest absolute Gasteiger partial charge is 0.404 e. The molecule has 1 aliphatic rings. The Bertz CT molecular complexity index is 1550. The van der Waals surface area contributed by atoms with Crippen LogP contribution in [0.15, 0.2) is 71.7 Å². The molecule has 0 radical (unpaired) electrons. The van der Waals surface area contributed by atoms with Crippen molar-refractivity contribution in [2.75, 3.05) is 18.0 Å². The average Bonchev–Trinajstić information content (AvgIpc) is 3.29. The fourth-order valence-electron chi connectivity index (χ4n) is 5.06. The molecule has 2 N–H and O–H groups in total. The number of benzene rings is 2. The van der Waals surface area contributed by atoms with Gasteiger partial charge in [0.1, 0.15) is 5.52 Å². The summed E-state index contributed by atoms with van der Waals surface area (Å²) in [7, 11) is 0. The van der Waals surface area contributed by atoms with Crippen LogP contribution in [0.25, 0.3) is 11.0 Å². The SMILES string of the molecule is CC(C(=O)c1ccccc1)n1ccc2nc(N3CCC[C@@H](NC(=O)O)C3)n(Cc3ccccc3Cl)c2c1=O. The molecule has 10 heteroatoms. The Balaban J connectivity index is 1.61. The van der Waals surface area contributed by atoms with Crippen LogP contribution in [0, 0.1) is 0 Å². The number of halogens is 1. The molecule has 0 saturated carbocycles. The molecule has 2 aromatic carbocycles. The number of ketones is 1. The van der Waals surface area contributed by atoms with Crippen LogP contribution in [-0.4, -0.2) is 50.2 Å². The number of hydrogen-bond donors (Lipinski definition) is 2. The number of aromatic nitrogens is 3. The van der Waals surface area contributed by atoms with Crippen molar-refractivity contribution in [2.24, 2.45) is 0 Å². The van der Waals surface area contributed by atoms with Crippen LogP contribution in [0.3, 0.4) is 0 Å². The van der Waals surface area contributed by atoms with E-state index in [9.17, 15) is 19.5 Å². The van der Waals surface area contributed by atoms with Gasteiger partial charge in [-0.1, -0.05) is 60.1 Å². The molecule has 2 atom stereocenters. The number of pyridine rings is 1. The number of carbonyl (C=O) groups is 2. The number of imidazole rings is 1. The van der Waals surface area contributed by atoms with Crippen molar-refractivity contribution in [1.29, 1.82) is 0 Å². The van der Waals surface area contributed by atoms with E-state index in [1.807, 2.05) is 33.7 Å². The molecule has 38 heavy (non-hydrogen) atoms. The Labute approximate surface area is 224 Å². The number of carboxylic acid groups (broad SMARTS) is 1. The number of fused-ring (bicyclic) bond motifs is 1. The topological polar surface area (TPSA) is 109 Å². The molecular formula is C28H28ClN5O4. The summed E-state index contributed by atoms with van der Waals surface area (Å²) in [5.41, 5.74) is 1.88. The van der Waals surface area contributed by atoms with E-state index in [2.05, 4.69) is 5.32 Å². The quantitative estimate of drug-likeness (QED) is 0.336. The Morgan fingerprint density at radius 1 is 1.13 bits per heavy atom. The third-order valence-electron chi connectivity index (χ3n) is 6.98. The van der Waals surface area contributed by atoms with Crippen LogP contribution < -0.4 is 15.8 Å². The second kappa shape index (κ2) is 10.7. The predicted octanol–water partition coefficient (Wildman–Crippen LogP) is 4.58. The van der Waals surface area contributed by atoms with Crippen LogP contribution >= 0.6 is 11.6 Å². The minimum atomic E-state index is -1.07. The average molecular weight is 534 g/mol. The summed E-state index contributed by atoms with van der Waals surface area (Å²) in [4.78, 5) is 45.2. The van der Waals surface area contributed by atoms with Gasteiger partial charge in [0, 0.05) is 35.9 Å². The summed E-state index contributed by atoms with van der Waals surface area (Å²) in [5.74, 6) is 0.400. The van der Waals surface area contributed by atoms with E-state index in [1.165, 1.54) is 4.57 Å². The molecule has 196 valence electrons. The molecule has 2 aromatic heterocycles. The first-order valence-electron chi connectivity index (χ1n) is 12.5. The fraction of sp³-hybridized carbons (Fsp3) is 0.286. The van der Waals surface area contributed by atoms with Crippen molar-refractivity contribution < 1.29 is 14.7 Å². The number of nitrogens with zero attached hydrogens (tertiary/aromatic N) is 4. The lowest BCUT2D eigenvalue weighted by Gasteiger charge is -2.33. The van der Waals surface area contributed by atoms with Gasteiger partial charge in [0.05, 0.1) is 18.1 Å². The molecule has 1 amide bonds. The molecule has 1 saturated heterocycles. The van der Waals surface area contributed by atoms with Crippen molar-refractivity contribution in [2.45, 2.75) is 38.4 Å². The molecule has 4 aromatic rings. The summed E-state index contributed by atoms with van der Waals surface area (Å²) < 4.78 is 3.27. The van der Waals surface area contributed by atoms with Gasteiger partial charge in [-0.25, -0.2) is 9.78 Å². The van der Waals surface area contributed by atoms with Crippen LogP contribution in [-0.2, 0) is 6.54 Å². The van der Waals surface area contributed by atoms with E-state index in [0.717, 1.165) is 18.4 Å². The molecular weight excluding hydrogens is 506 g/mol. The van der Waals surface area contributed by atoms with E-state index in [0.29, 0.717) is 47.2 Å². The van der Waals surface area contributed by atoms with E-state index < -0.39 is 12.1 Å². The molecule has 0 aliphatic carbocycles. The molecule has 0 bridgehead atoms. The van der Waals surface area contributed by atoms with Crippen molar-refractivity contribution in [3.05, 3.63) is 93.4 Å². The highest BCUT2D eigenvalue weighted by Gasteiger charge is 2.28. The van der Waals surface area contributed by atoms with Gasteiger partial charge in [0.15, 0.2) is 5.78 Å². The maximum atomic E-state index is 13.9. The molecule has 9 nitrogen and oxygen atoms in total. The minimum Gasteiger partial charge on any atom is -0.465 e. The number of amides is 1. The molecule has 3 heterocycles. The second-order valence-electron chi connectivity index (χ2n) is 9.49. The molecule has 1 aliphatic heterocycles. The summed E-state index contributed by atoms with van der Waals surface area (Å²) in [6.45, 7) is 3.10. The largest absolute Gasteiger partial charge is 0.465 e. The van der Waals surface area contributed by atoms with Gasteiger partial charge in [-0.15, -0.1) is 0 Å².